The van der Waals surface area contributed by atoms with Gasteiger partial charge in [-0.05, 0) is 41.5 Å². The van der Waals surface area contributed by atoms with Crippen LogP contribution in [-0.2, 0) is 17.6 Å². The molecule has 2 N–H and O–H groups in total. The Balaban J connectivity index is 1.65. The Bertz CT molecular complexity index is 1050. The van der Waals surface area contributed by atoms with E-state index in [9.17, 15) is 9.59 Å². The van der Waals surface area contributed by atoms with Gasteiger partial charge in [0.1, 0.15) is 5.82 Å². The monoisotopic (exact) mass is 405 g/mol. The van der Waals surface area contributed by atoms with Gasteiger partial charge in [0, 0.05) is 12.8 Å². The highest BCUT2D eigenvalue weighted by Crippen LogP contribution is 2.23. The Labute approximate surface area is 177 Å². The molecule has 0 spiro atoms. The molecular formula is C25H31N3O2. The molecule has 1 atom stereocenters. The molecule has 0 aliphatic rings. The van der Waals surface area contributed by atoms with Crippen molar-refractivity contribution in [1.29, 1.82) is 0 Å². The van der Waals surface area contributed by atoms with Crippen LogP contribution in [0.3, 0.4) is 0 Å². The average molecular weight is 406 g/mol. The van der Waals surface area contributed by atoms with Crippen molar-refractivity contribution in [3.8, 4) is 0 Å². The second-order valence-electron chi connectivity index (χ2n) is 8.66. The molecule has 0 fully saturated rings. The maximum atomic E-state index is 12.6. The van der Waals surface area contributed by atoms with Gasteiger partial charge in [-0.2, -0.15) is 0 Å². The van der Waals surface area contributed by atoms with Gasteiger partial charge in [-0.1, -0.05) is 64.1 Å². The summed E-state index contributed by atoms with van der Waals surface area (Å²) in [6.07, 6.45) is 1.72. The Morgan fingerprint density at radius 1 is 1.03 bits per heavy atom. The van der Waals surface area contributed by atoms with Gasteiger partial charge in [0.15, 0.2) is 0 Å². The maximum absolute atomic E-state index is 12.6. The number of carbonyl (C=O) groups excluding carboxylic acids is 1. The Hall–Kier alpha value is -2.95. The van der Waals surface area contributed by atoms with Crippen LogP contribution < -0.4 is 10.9 Å². The van der Waals surface area contributed by atoms with Crippen LogP contribution in [0.25, 0.3) is 10.9 Å². The molecule has 1 aromatic heterocycles. The van der Waals surface area contributed by atoms with Crippen LogP contribution >= 0.6 is 0 Å². The molecule has 0 saturated heterocycles. The van der Waals surface area contributed by atoms with E-state index in [-0.39, 0.29) is 29.8 Å². The number of benzene rings is 2. The van der Waals surface area contributed by atoms with Crippen LogP contribution in [0, 0.1) is 11.8 Å². The molecule has 30 heavy (non-hydrogen) atoms. The van der Waals surface area contributed by atoms with Gasteiger partial charge in [0.05, 0.1) is 16.9 Å². The van der Waals surface area contributed by atoms with Crippen LogP contribution in [0.5, 0.6) is 0 Å². The largest absolute Gasteiger partial charge is 0.349 e. The first-order chi connectivity index (χ1) is 14.3. The van der Waals surface area contributed by atoms with Gasteiger partial charge in [0.2, 0.25) is 5.91 Å². The molecule has 0 saturated carbocycles. The standard InChI is InChI=1S/C25H31N3O2/c1-16(2)15-18-9-11-19(12-10-18)24(17(3)4)28-23(29)14-13-22-26-21-8-6-5-7-20(21)25(30)27-22/h5-12,16-17,24H,13-15H2,1-4H3,(H,28,29)(H,26,27,30). The van der Waals surface area contributed by atoms with Crippen LogP contribution in [0.2, 0.25) is 0 Å². The third-order valence-corrected chi connectivity index (χ3v) is 5.22. The molecule has 0 radical (unpaired) electrons. The van der Waals surface area contributed by atoms with Crippen LogP contribution in [0.4, 0.5) is 0 Å². The summed E-state index contributed by atoms with van der Waals surface area (Å²) in [6.45, 7) is 8.63. The summed E-state index contributed by atoms with van der Waals surface area (Å²) in [5, 5.41) is 3.72. The zero-order valence-corrected chi connectivity index (χ0v) is 18.2. The molecule has 3 aromatic rings. The van der Waals surface area contributed by atoms with E-state index in [0.29, 0.717) is 29.1 Å². The third-order valence-electron chi connectivity index (χ3n) is 5.22. The van der Waals surface area contributed by atoms with Crippen molar-refractivity contribution in [3.63, 3.8) is 0 Å². The number of para-hydroxylation sites is 1. The molecular weight excluding hydrogens is 374 g/mol. The summed E-state index contributed by atoms with van der Waals surface area (Å²) in [6, 6.07) is 15.7. The second kappa shape index (κ2) is 9.70. The molecule has 3 rings (SSSR count). The number of carbonyl (C=O) groups is 1. The summed E-state index contributed by atoms with van der Waals surface area (Å²) >= 11 is 0. The fourth-order valence-electron chi connectivity index (χ4n) is 3.70. The smallest absolute Gasteiger partial charge is 0.258 e. The quantitative estimate of drug-likeness (QED) is 0.576. The van der Waals surface area contributed by atoms with E-state index in [1.54, 1.807) is 6.07 Å². The maximum Gasteiger partial charge on any atom is 0.258 e. The molecule has 2 aromatic carbocycles. The zero-order chi connectivity index (χ0) is 21.7. The Morgan fingerprint density at radius 2 is 1.73 bits per heavy atom. The fourth-order valence-corrected chi connectivity index (χ4v) is 3.70. The molecule has 5 nitrogen and oxygen atoms in total. The van der Waals surface area contributed by atoms with E-state index < -0.39 is 0 Å². The molecule has 1 heterocycles. The minimum absolute atomic E-state index is 0.0456. The SMILES string of the molecule is CC(C)Cc1ccc(C(NC(=O)CCc2nc3ccccc3c(=O)[nH]2)C(C)C)cc1. The number of fused-ring (bicyclic) bond motifs is 1. The lowest BCUT2D eigenvalue weighted by Gasteiger charge is -2.23. The first-order valence-electron chi connectivity index (χ1n) is 10.7. The predicted octanol–water partition coefficient (Wildman–Crippen LogP) is 4.57. The molecule has 158 valence electrons. The summed E-state index contributed by atoms with van der Waals surface area (Å²) in [4.78, 5) is 32.1. The van der Waals surface area contributed by atoms with Crippen molar-refractivity contribution >= 4 is 16.8 Å². The van der Waals surface area contributed by atoms with Crippen LogP contribution in [0.15, 0.2) is 53.3 Å². The van der Waals surface area contributed by atoms with Crippen molar-refractivity contribution in [2.24, 2.45) is 11.8 Å². The first kappa shape index (κ1) is 21.8. The first-order valence-corrected chi connectivity index (χ1v) is 10.7. The van der Waals surface area contributed by atoms with E-state index in [1.807, 2.05) is 18.2 Å². The number of hydrogen-bond acceptors (Lipinski definition) is 3. The number of amides is 1. The zero-order valence-electron chi connectivity index (χ0n) is 18.2. The lowest BCUT2D eigenvalue weighted by atomic mass is 9.93. The van der Waals surface area contributed by atoms with Crippen molar-refractivity contribution in [3.05, 3.63) is 75.8 Å². The number of nitrogens with one attached hydrogen (secondary N) is 2. The van der Waals surface area contributed by atoms with Gasteiger partial charge in [-0.15, -0.1) is 0 Å². The van der Waals surface area contributed by atoms with E-state index in [2.05, 4.69) is 67.2 Å². The minimum Gasteiger partial charge on any atom is -0.349 e. The lowest BCUT2D eigenvalue weighted by Crippen LogP contribution is -2.32. The van der Waals surface area contributed by atoms with Crippen molar-refractivity contribution in [2.45, 2.75) is 53.0 Å². The third kappa shape index (κ3) is 5.56. The Morgan fingerprint density at radius 3 is 2.40 bits per heavy atom. The molecule has 5 heteroatoms. The van der Waals surface area contributed by atoms with E-state index in [0.717, 1.165) is 12.0 Å². The number of aromatic nitrogens is 2. The Kier molecular flexibility index (Phi) is 7.03. The highest BCUT2D eigenvalue weighted by Gasteiger charge is 2.18. The molecule has 0 bridgehead atoms. The second-order valence-corrected chi connectivity index (χ2v) is 8.66. The van der Waals surface area contributed by atoms with E-state index in [1.165, 1.54) is 5.56 Å². The molecule has 0 aliphatic heterocycles. The lowest BCUT2D eigenvalue weighted by molar-refractivity contribution is -0.122. The highest BCUT2D eigenvalue weighted by molar-refractivity contribution is 5.78. The number of aromatic amines is 1. The van der Waals surface area contributed by atoms with Crippen molar-refractivity contribution in [1.82, 2.24) is 15.3 Å². The number of rotatable bonds is 8. The average Bonchev–Trinajstić information content (AvgIpc) is 2.71. The number of hydrogen-bond donors (Lipinski definition) is 2. The number of aryl methyl sites for hydroxylation is 1. The minimum atomic E-state index is -0.169. The summed E-state index contributed by atoms with van der Waals surface area (Å²) < 4.78 is 0. The van der Waals surface area contributed by atoms with Gasteiger partial charge < -0.3 is 10.3 Å². The van der Waals surface area contributed by atoms with Crippen LogP contribution in [-0.4, -0.2) is 15.9 Å². The van der Waals surface area contributed by atoms with Crippen LogP contribution in [0.1, 0.15) is 57.1 Å². The van der Waals surface area contributed by atoms with E-state index in [4.69, 9.17) is 0 Å². The fraction of sp³-hybridized carbons (Fsp3) is 0.400. The molecule has 1 amide bonds. The van der Waals surface area contributed by atoms with Gasteiger partial charge in [0.25, 0.3) is 5.56 Å². The number of nitrogens with zero attached hydrogens (tertiary/aromatic N) is 1. The van der Waals surface area contributed by atoms with Gasteiger partial charge >= 0.3 is 0 Å². The number of H-pyrrole nitrogens is 1. The van der Waals surface area contributed by atoms with E-state index >= 15 is 0 Å². The van der Waals surface area contributed by atoms with Gasteiger partial charge in [-0.3, -0.25) is 9.59 Å². The van der Waals surface area contributed by atoms with Crippen molar-refractivity contribution in [2.75, 3.05) is 0 Å². The predicted molar refractivity (Wildman–Crippen MR) is 121 cm³/mol. The molecule has 1 unspecified atom stereocenters. The summed E-state index contributed by atoms with van der Waals surface area (Å²) in [5.41, 5.74) is 2.91. The highest BCUT2D eigenvalue weighted by atomic mass is 16.1. The molecule has 0 aliphatic carbocycles. The topological polar surface area (TPSA) is 74.8 Å². The normalized spacial score (nSPS) is 12.5. The summed E-state index contributed by atoms with van der Waals surface area (Å²) in [5.74, 6) is 1.37. The summed E-state index contributed by atoms with van der Waals surface area (Å²) in [7, 11) is 0. The van der Waals surface area contributed by atoms with Gasteiger partial charge in [-0.25, -0.2) is 4.98 Å². The van der Waals surface area contributed by atoms with Crippen molar-refractivity contribution < 1.29 is 4.79 Å².